The van der Waals surface area contributed by atoms with Crippen molar-refractivity contribution in [1.82, 2.24) is 25.6 Å². The number of methoxy groups -OCH3 is 1. The standard InChI is InChI=1S/C12H19N5O4/c1-21-10-4-2-3-8(10)14-12(20)13-5-6-17-7-9(11(18)19)15-16-17/h7-8,10H,2-6H2,1H3,(H,18,19)(H2,13,14,20). The van der Waals surface area contributed by atoms with Gasteiger partial charge in [-0.15, -0.1) is 5.10 Å². The summed E-state index contributed by atoms with van der Waals surface area (Å²) in [5.41, 5.74) is -0.117. The van der Waals surface area contributed by atoms with E-state index in [1.165, 1.54) is 10.9 Å². The summed E-state index contributed by atoms with van der Waals surface area (Å²) in [6, 6.07) is -0.220. The van der Waals surface area contributed by atoms with Crippen molar-refractivity contribution < 1.29 is 19.4 Å². The number of carbonyl (C=O) groups is 2. The minimum Gasteiger partial charge on any atom is -0.476 e. The number of nitrogens with one attached hydrogen (secondary N) is 2. The first kappa shape index (κ1) is 15.2. The largest absolute Gasteiger partial charge is 0.476 e. The molecule has 2 atom stereocenters. The summed E-state index contributed by atoms with van der Waals surface area (Å²) in [6.07, 6.45) is 4.31. The summed E-state index contributed by atoms with van der Waals surface area (Å²) in [4.78, 5) is 22.4. The van der Waals surface area contributed by atoms with Gasteiger partial charge >= 0.3 is 12.0 Å². The minimum absolute atomic E-state index is 0.0417. The Kier molecular flexibility index (Phi) is 5.09. The minimum atomic E-state index is -1.13. The zero-order valence-corrected chi connectivity index (χ0v) is 11.8. The van der Waals surface area contributed by atoms with E-state index in [2.05, 4.69) is 20.9 Å². The van der Waals surface area contributed by atoms with E-state index >= 15 is 0 Å². The molecule has 1 aliphatic carbocycles. The molecule has 3 N–H and O–H groups in total. The van der Waals surface area contributed by atoms with E-state index in [0.29, 0.717) is 13.1 Å². The van der Waals surface area contributed by atoms with E-state index in [1.807, 2.05) is 0 Å². The molecular weight excluding hydrogens is 278 g/mol. The molecule has 1 aliphatic rings. The van der Waals surface area contributed by atoms with E-state index in [9.17, 15) is 9.59 Å². The number of urea groups is 1. The molecule has 0 bridgehead atoms. The van der Waals surface area contributed by atoms with Crippen molar-refractivity contribution in [3.8, 4) is 0 Å². The number of amides is 2. The molecule has 1 aromatic heterocycles. The molecule has 0 saturated heterocycles. The number of aromatic nitrogens is 3. The third-order valence-corrected chi connectivity index (χ3v) is 3.46. The average Bonchev–Trinajstić information content (AvgIpc) is 3.07. The van der Waals surface area contributed by atoms with Crippen LogP contribution in [0.25, 0.3) is 0 Å². The van der Waals surface area contributed by atoms with Crippen molar-refractivity contribution in [3.05, 3.63) is 11.9 Å². The van der Waals surface area contributed by atoms with Gasteiger partial charge in [0.2, 0.25) is 0 Å². The van der Waals surface area contributed by atoms with Crippen LogP contribution in [0.15, 0.2) is 6.20 Å². The normalized spacial score (nSPS) is 21.2. The molecule has 0 radical (unpaired) electrons. The number of rotatable bonds is 6. The lowest BCUT2D eigenvalue weighted by Gasteiger charge is -2.19. The van der Waals surface area contributed by atoms with Crippen LogP contribution in [0.2, 0.25) is 0 Å². The fourth-order valence-electron chi connectivity index (χ4n) is 2.38. The molecule has 0 spiro atoms. The van der Waals surface area contributed by atoms with Crippen LogP contribution < -0.4 is 10.6 Å². The van der Waals surface area contributed by atoms with Crippen LogP contribution in [0.5, 0.6) is 0 Å². The third kappa shape index (κ3) is 4.15. The Morgan fingerprint density at radius 3 is 3.00 bits per heavy atom. The lowest BCUT2D eigenvalue weighted by Crippen LogP contribution is -2.46. The molecule has 0 aromatic carbocycles. The molecule has 2 unspecified atom stereocenters. The molecule has 2 rings (SSSR count). The van der Waals surface area contributed by atoms with Crippen LogP contribution in [-0.4, -0.2) is 57.9 Å². The summed E-state index contributed by atoms with van der Waals surface area (Å²) in [5.74, 6) is -1.13. The van der Waals surface area contributed by atoms with Crippen LogP contribution >= 0.6 is 0 Å². The highest BCUT2D eigenvalue weighted by Crippen LogP contribution is 2.21. The second-order valence-corrected chi connectivity index (χ2v) is 4.88. The Bertz CT molecular complexity index is 504. The van der Waals surface area contributed by atoms with E-state index in [1.54, 1.807) is 7.11 Å². The maximum absolute atomic E-state index is 11.7. The van der Waals surface area contributed by atoms with Crippen molar-refractivity contribution >= 4 is 12.0 Å². The Morgan fingerprint density at radius 1 is 1.52 bits per heavy atom. The maximum Gasteiger partial charge on any atom is 0.358 e. The number of carbonyl (C=O) groups excluding carboxylic acids is 1. The Hall–Kier alpha value is -2.16. The van der Waals surface area contributed by atoms with Crippen LogP contribution in [0, 0.1) is 0 Å². The summed E-state index contributed by atoms with van der Waals surface area (Å²) >= 11 is 0. The monoisotopic (exact) mass is 297 g/mol. The van der Waals surface area contributed by atoms with Gasteiger partial charge < -0.3 is 20.5 Å². The topological polar surface area (TPSA) is 118 Å². The van der Waals surface area contributed by atoms with Crippen LogP contribution in [0.1, 0.15) is 29.8 Å². The highest BCUT2D eigenvalue weighted by atomic mass is 16.5. The van der Waals surface area contributed by atoms with Crippen LogP contribution in [0.3, 0.4) is 0 Å². The van der Waals surface area contributed by atoms with Gasteiger partial charge in [0.1, 0.15) is 0 Å². The molecule has 1 fully saturated rings. The number of hydrogen-bond acceptors (Lipinski definition) is 5. The van der Waals surface area contributed by atoms with Gasteiger partial charge in [0.15, 0.2) is 5.69 Å². The second kappa shape index (κ2) is 7.02. The van der Waals surface area contributed by atoms with Gasteiger partial charge in [0, 0.05) is 13.7 Å². The van der Waals surface area contributed by atoms with Crippen molar-refractivity contribution in [2.75, 3.05) is 13.7 Å². The fraction of sp³-hybridized carbons (Fsp3) is 0.667. The van der Waals surface area contributed by atoms with E-state index in [4.69, 9.17) is 9.84 Å². The first-order valence-electron chi connectivity index (χ1n) is 6.80. The number of nitrogens with zero attached hydrogens (tertiary/aromatic N) is 3. The molecule has 9 nitrogen and oxygen atoms in total. The van der Waals surface area contributed by atoms with Gasteiger partial charge in [0.25, 0.3) is 0 Å². The van der Waals surface area contributed by atoms with Crippen molar-refractivity contribution in [3.63, 3.8) is 0 Å². The van der Waals surface area contributed by atoms with Crippen molar-refractivity contribution in [1.29, 1.82) is 0 Å². The maximum atomic E-state index is 11.7. The van der Waals surface area contributed by atoms with Gasteiger partial charge in [-0.05, 0) is 19.3 Å². The average molecular weight is 297 g/mol. The van der Waals surface area contributed by atoms with Gasteiger partial charge in [0.05, 0.1) is 24.9 Å². The lowest BCUT2D eigenvalue weighted by atomic mass is 10.2. The Morgan fingerprint density at radius 2 is 2.33 bits per heavy atom. The fourth-order valence-corrected chi connectivity index (χ4v) is 2.38. The third-order valence-electron chi connectivity index (χ3n) is 3.46. The van der Waals surface area contributed by atoms with Crippen molar-refractivity contribution in [2.45, 2.75) is 38.0 Å². The molecule has 1 saturated carbocycles. The smallest absolute Gasteiger partial charge is 0.358 e. The number of hydrogen-bond donors (Lipinski definition) is 3. The number of carboxylic acid groups (broad SMARTS) is 1. The summed E-state index contributed by atoms with van der Waals surface area (Å²) in [5, 5.41) is 21.4. The first-order chi connectivity index (χ1) is 10.1. The van der Waals surface area contributed by atoms with E-state index < -0.39 is 5.97 Å². The molecule has 21 heavy (non-hydrogen) atoms. The lowest BCUT2D eigenvalue weighted by molar-refractivity contribution is 0.0690. The van der Waals surface area contributed by atoms with Gasteiger partial charge in [-0.25, -0.2) is 14.3 Å². The van der Waals surface area contributed by atoms with Gasteiger partial charge in [-0.1, -0.05) is 5.21 Å². The molecule has 1 heterocycles. The predicted molar refractivity (Wildman–Crippen MR) is 72.0 cm³/mol. The summed E-state index contributed by atoms with van der Waals surface area (Å²) in [7, 11) is 1.65. The van der Waals surface area contributed by atoms with Gasteiger partial charge in [-0.2, -0.15) is 0 Å². The number of aromatic carboxylic acids is 1. The molecule has 1 aromatic rings. The Balaban J connectivity index is 1.70. The van der Waals surface area contributed by atoms with Crippen LogP contribution in [-0.2, 0) is 11.3 Å². The zero-order chi connectivity index (χ0) is 15.2. The first-order valence-corrected chi connectivity index (χ1v) is 6.80. The van der Waals surface area contributed by atoms with Crippen LogP contribution in [0.4, 0.5) is 4.79 Å². The van der Waals surface area contributed by atoms with E-state index in [0.717, 1.165) is 19.3 Å². The number of ether oxygens (including phenoxy) is 1. The molecule has 2 amide bonds. The number of carboxylic acids is 1. The molecule has 116 valence electrons. The predicted octanol–water partition coefficient (Wildman–Crippen LogP) is -0.157. The quantitative estimate of drug-likeness (QED) is 0.671. The van der Waals surface area contributed by atoms with Gasteiger partial charge in [-0.3, -0.25) is 0 Å². The molecule has 0 aliphatic heterocycles. The summed E-state index contributed by atoms with van der Waals surface area (Å²) < 4.78 is 6.68. The van der Waals surface area contributed by atoms with Crippen molar-refractivity contribution in [2.24, 2.45) is 0 Å². The highest BCUT2D eigenvalue weighted by molar-refractivity contribution is 5.84. The molecule has 9 heteroatoms. The second-order valence-electron chi connectivity index (χ2n) is 4.88. The Labute approximate surface area is 121 Å². The van der Waals surface area contributed by atoms with E-state index in [-0.39, 0.29) is 23.9 Å². The zero-order valence-electron chi connectivity index (χ0n) is 11.8. The molecular formula is C12H19N5O4. The highest BCUT2D eigenvalue weighted by Gasteiger charge is 2.28. The summed E-state index contributed by atoms with van der Waals surface area (Å²) in [6.45, 7) is 0.685. The SMILES string of the molecule is COC1CCCC1NC(=O)NCCn1cc(C(=O)O)nn1.